The number of aliphatic hydroxyl groups excluding tert-OH is 2. The number of rotatable bonds is 9. The van der Waals surface area contributed by atoms with E-state index in [1.165, 1.54) is 32.1 Å². The van der Waals surface area contributed by atoms with Gasteiger partial charge in [-0.25, -0.2) is 0 Å². The first kappa shape index (κ1) is 23.3. The largest absolute Gasteiger partial charge is 0.493 e. The Morgan fingerprint density at radius 1 is 1.03 bits per heavy atom. The molecule has 1 aromatic carbocycles. The summed E-state index contributed by atoms with van der Waals surface area (Å²) >= 11 is 0. The molecule has 0 amide bonds. The fourth-order valence-electron chi connectivity index (χ4n) is 4.52. The summed E-state index contributed by atoms with van der Waals surface area (Å²) in [7, 11) is 1.65. The number of β-amino-alcohol motifs (C(OH)–C–C–N with tert-alkyl or cyclic N) is 1. The van der Waals surface area contributed by atoms with Gasteiger partial charge in [-0.2, -0.15) is 0 Å². The zero-order chi connectivity index (χ0) is 21.2. The maximum absolute atomic E-state index is 10.5. The zero-order valence-electron chi connectivity index (χ0n) is 18.5. The van der Waals surface area contributed by atoms with Crippen molar-refractivity contribution in [3.05, 3.63) is 23.8 Å². The number of likely N-dealkylation sites (tertiary alicyclic amines) is 1. The fraction of sp³-hybridized carbons (Fsp3) is 0.750. The summed E-state index contributed by atoms with van der Waals surface area (Å²) in [5.41, 5.74) is 1.14. The Bertz CT molecular complexity index is 611. The highest BCUT2D eigenvalue weighted by Crippen LogP contribution is 2.28. The summed E-state index contributed by atoms with van der Waals surface area (Å²) < 4.78 is 11.4. The van der Waals surface area contributed by atoms with E-state index in [1.807, 2.05) is 18.2 Å². The minimum Gasteiger partial charge on any atom is -0.493 e. The van der Waals surface area contributed by atoms with Crippen LogP contribution in [0.25, 0.3) is 0 Å². The summed E-state index contributed by atoms with van der Waals surface area (Å²) in [6, 6.07) is 6.45. The van der Waals surface area contributed by atoms with Crippen LogP contribution in [0.2, 0.25) is 0 Å². The maximum atomic E-state index is 10.5. The number of hydrogen-bond acceptors (Lipinski definition) is 6. The number of nitrogens with one attached hydrogen (secondary N) is 1. The Kier molecular flexibility index (Phi) is 9.72. The smallest absolute Gasteiger partial charge is 0.161 e. The highest BCUT2D eigenvalue weighted by atomic mass is 16.5. The van der Waals surface area contributed by atoms with Crippen molar-refractivity contribution in [3.8, 4) is 11.5 Å². The Morgan fingerprint density at radius 2 is 1.73 bits per heavy atom. The van der Waals surface area contributed by atoms with Crippen molar-refractivity contribution in [2.45, 2.75) is 82.6 Å². The lowest BCUT2D eigenvalue weighted by Gasteiger charge is -2.27. The van der Waals surface area contributed by atoms with Crippen LogP contribution in [0.4, 0.5) is 0 Å². The lowest BCUT2D eigenvalue weighted by molar-refractivity contribution is 0.0645. The van der Waals surface area contributed by atoms with E-state index in [4.69, 9.17) is 9.47 Å². The molecule has 0 bridgehead atoms. The predicted octanol–water partition coefficient (Wildman–Crippen LogP) is 3.09. The van der Waals surface area contributed by atoms with Crippen LogP contribution < -0.4 is 14.8 Å². The van der Waals surface area contributed by atoms with Gasteiger partial charge in [0.15, 0.2) is 11.5 Å². The van der Waals surface area contributed by atoms with Crippen molar-refractivity contribution in [1.82, 2.24) is 10.2 Å². The number of aliphatic hydroxyl groups is 2. The molecule has 0 spiro atoms. The first-order valence-electron chi connectivity index (χ1n) is 11.8. The molecule has 2 fully saturated rings. The molecule has 1 saturated heterocycles. The van der Waals surface area contributed by atoms with Crippen LogP contribution in [-0.4, -0.2) is 66.7 Å². The number of nitrogens with zero attached hydrogens (tertiary/aromatic N) is 1. The van der Waals surface area contributed by atoms with Crippen molar-refractivity contribution >= 4 is 0 Å². The Hall–Kier alpha value is -1.34. The van der Waals surface area contributed by atoms with Crippen molar-refractivity contribution in [3.63, 3.8) is 0 Å². The molecule has 2 aliphatic rings. The number of hydrogen-bond donors (Lipinski definition) is 3. The van der Waals surface area contributed by atoms with E-state index in [0.29, 0.717) is 24.1 Å². The van der Waals surface area contributed by atoms with E-state index < -0.39 is 6.10 Å². The number of methoxy groups -OCH3 is 1. The van der Waals surface area contributed by atoms with Gasteiger partial charge >= 0.3 is 0 Å². The van der Waals surface area contributed by atoms with E-state index in [1.54, 1.807) is 7.11 Å². The highest BCUT2D eigenvalue weighted by molar-refractivity contribution is 5.43. The third-order valence-electron chi connectivity index (χ3n) is 6.37. The fourth-order valence-corrected chi connectivity index (χ4v) is 4.52. The summed E-state index contributed by atoms with van der Waals surface area (Å²) in [5, 5.41) is 23.7. The molecule has 1 atom stereocenters. The van der Waals surface area contributed by atoms with Crippen LogP contribution in [0.5, 0.6) is 11.5 Å². The van der Waals surface area contributed by atoms with Gasteiger partial charge in [-0.15, -0.1) is 0 Å². The van der Waals surface area contributed by atoms with E-state index in [-0.39, 0.29) is 12.7 Å². The van der Waals surface area contributed by atoms with Gasteiger partial charge in [0.05, 0.1) is 13.2 Å². The molecule has 6 heteroatoms. The summed E-state index contributed by atoms with van der Waals surface area (Å²) in [6.07, 6.45) is 9.56. The second-order valence-corrected chi connectivity index (χ2v) is 8.90. The highest BCUT2D eigenvalue weighted by Gasteiger charge is 2.19. The molecule has 3 rings (SSSR count). The molecule has 1 saturated carbocycles. The molecule has 6 nitrogen and oxygen atoms in total. The third-order valence-corrected chi connectivity index (χ3v) is 6.37. The third kappa shape index (κ3) is 7.73. The lowest BCUT2D eigenvalue weighted by Crippen LogP contribution is -2.37. The normalized spacial score (nSPS) is 24.6. The van der Waals surface area contributed by atoms with Crippen molar-refractivity contribution in [2.24, 2.45) is 0 Å². The number of benzene rings is 1. The quantitative estimate of drug-likeness (QED) is 0.570. The average Bonchev–Trinajstić information content (AvgIpc) is 2.74. The standard InChI is InChI=1S/C24H40N2O4/c1-29-24-15-19(16-25-20-8-10-21(27)11-9-20)7-12-23(24)30-18-22(28)17-26-13-5-3-2-4-6-14-26/h7,12,15,20-22,25,27-28H,2-6,8-11,13-14,16-18H2,1H3. The molecule has 1 aliphatic heterocycles. The summed E-state index contributed by atoms with van der Waals surface area (Å²) in [4.78, 5) is 2.36. The van der Waals surface area contributed by atoms with Gasteiger partial charge in [-0.3, -0.25) is 0 Å². The van der Waals surface area contributed by atoms with Crippen LogP contribution >= 0.6 is 0 Å². The Balaban J connectivity index is 1.44. The Morgan fingerprint density at radius 3 is 2.43 bits per heavy atom. The van der Waals surface area contributed by atoms with Gasteiger partial charge < -0.3 is 29.9 Å². The van der Waals surface area contributed by atoms with Crippen molar-refractivity contribution in [2.75, 3.05) is 33.4 Å². The van der Waals surface area contributed by atoms with Crippen molar-refractivity contribution in [1.29, 1.82) is 0 Å². The molecule has 1 aliphatic carbocycles. The predicted molar refractivity (Wildman–Crippen MR) is 119 cm³/mol. The van der Waals surface area contributed by atoms with E-state index in [0.717, 1.165) is 50.9 Å². The lowest BCUT2D eigenvalue weighted by atomic mass is 9.93. The van der Waals surface area contributed by atoms with Crippen LogP contribution in [0.1, 0.15) is 63.4 Å². The molecular weight excluding hydrogens is 380 g/mol. The van der Waals surface area contributed by atoms with Gasteiger partial charge in [0.1, 0.15) is 12.7 Å². The van der Waals surface area contributed by atoms with Crippen LogP contribution in [-0.2, 0) is 6.54 Å². The van der Waals surface area contributed by atoms with Crippen LogP contribution in [0.3, 0.4) is 0 Å². The topological polar surface area (TPSA) is 74.2 Å². The molecule has 30 heavy (non-hydrogen) atoms. The Labute approximate surface area is 181 Å². The minimum absolute atomic E-state index is 0.126. The maximum Gasteiger partial charge on any atom is 0.161 e. The number of ether oxygens (including phenoxy) is 2. The summed E-state index contributed by atoms with van der Waals surface area (Å²) in [6.45, 7) is 3.86. The second-order valence-electron chi connectivity index (χ2n) is 8.90. The second kappa shape index (κ2) is 12.5. The van der Waals surface area contributed by atoms with Gasteiger partial charge in [0.25, 0.3) is 0 Å². The van der Waals surface area contributed by atoms with Crippen LogP contribution in [0.15, 0.2) is 18.2 Å². The van der Waals surface area contributed by atoms with Gasteiger partial charge in [0, 0.05) is 19.1 Å². The molecule has 170 valence electrons. The van der Waals surface area contributed by atoms with E-state index in [2.05, 4.69) is 10.2 Å². The van der Waals surface area contributed by atoms with Gasteiger partial charge in [0.2, 0.25) is 0 Å². The first-order chi connectivity index (χ1) is 14.6. The zero-order valence-corrected chi connectivity index (χ0v) is 18.5. The molecular formula is C24H40N2O4. The van der Waals surface area contributed by atoms with E-state index in [9.17, 15) is 10.2 Å². The molecule has 1 unspecified atom stereocenters. The van der Waals surface area contributed by atoms with Crippen LogP contribution in [0, 0.1) is 0 Å². The molecule has 1 heterocycles. The molecule has 0 radical (unpaired) electrons. The average molecular weight is 421 g/mol. The van der Waals surface area contributed by atoms with Crippen molar-refractivity contribution < 1.29 is 19.7 Å². The first-order valence-corrected chi connectivity index (χ1v) is 11.8. The molecule has 1 aromatic rings. The molecule has 0 aromatic heterocycles. The van der Waals surface area contributed by atoms with Gasteiger partial charge in [-0.05, 0) is 69.3 Å². The van der Waals surface area contributed by atoms with E-state index >= 15 is 0 Å². The summed E-state index contributed by atoms with van der Waals surface area (Å²) in [5.74, 6) is 1.38. The monoisotopic (exact) mass is 420 g/mol. The minimum atomic E-state index is -0.503. The SMILES string of the molecule is COc1cc(CNC2CCC(O)CC2)ccc1OCC(O)CN1CCCCCCC1. The van der Waals surface area contributed by atoms with Gasteiger partial charge in [-0.1, -0.05) is 25.3 Å². The molecule has 3 N–H and O–H groups in total.